The van der Waals surface area contributed by atoms with Crippen molar-refractivity contribution in [1.29, 1.82) is 0 Å². The lowest BCUT2D eigenvalue weighted by atomic mass is 9.95. The number of aryl methyl sites for hydroxylation is 1. The van der Waals surface area contributed by atoms with E-state index in [-0.39, 0.29) is 24.3 Å². The van der Waals surface area contributed by atoms with Crippen LogP contribution in [0.3, 0.4) is 0 Å². The Balaban J connectivity index is 1.78. The smallest absolute Gasteiger partial charge is 0.242 e. The predicted octanol–water partition coefficient (Wildman–Crippen LogP) is 5.71. The van der Waals surface area contributed by atoms with Gasteiger partial charge >= 0.3 is 0 Å². The van der Waals surface area contributed by atoms with Crippen LogP contribution < -0.4 is 5.32 Å². The fourth-order valence-corrected chi connectivity index (χ4v) is 4.37. The van der Waals surface area contributed by atoms with Gasteiger partial charge in [-0.05, 0) is 55.5 Å². The maximum atomic E-state index is 13.3. The van der Waals surface area contributed by atoms with Gasteiger partial charge in [-0.15, -0.1) is 0 Å². The Morgan fingerprint density at radius 2 is 1.77 bits per heavy atom. The molecule has 0 aromatic heterocycles. The number of benzene rings is 2. The van der Waals surface area contributed by atoms with Gasteiger partial charge in [0.25, 0.3) is 0 Å². The summed E-state index contributed by atoms with van der Waals surface area (Å²) in [5, 5.41) is 4.03. The molecular weight excluding hydrogens is 431 g/mol. The van der Waals surface area contributed by atoms with Crippen LogP contribution in [-0.2, 0) is 22.6 Å². The maximum Gasteiger partial charge on any atom is 0.242 e. The molecule has 1 aliphatic carbocycles. The molecule has 0 heterocycles. The number of hydrogen-bond donors (Lipinski definition) is 1. The van der Waals surface area contributed by atoms with Gasteiger partial charge in [0.2, 0.25) is 11.8 Å². The van der Waals surface area contributed by atoms with Crippen molar-refractivity contribution in [3.05, 3.63) is 69.2 Å². The first-order chi connectivity index (χ1) is 14.8. The van der Waals surface area contributed by atoms with Crippen LogP contribution in [0.15, 0.2) is 42.5 Å². The molecule has 1 fully saturated rings. The zero-order chi connectivity index (χ0) is 22.4. The molecule has 1 aliphatic rings. The van der Waals surface area contributed by atoms with Crippen molar-refractivity contribution < 1.29 is 9.59 Å². The van der Waals surface area contributed by atoms with Crippen molar-refractivity contribution in [2.45, 2.75) is 71.0 Å². The molecule has 166 valence electrons. The second kappa shape index (κ2) is 11.0. The van der Waals surface area contributed by atoms with Crippen LogP contribution in [0.25, 0.3) is 0 Å². The van der Waals surface area contributed by atoms with E-state index in [0.717, 1.165) is 42.4 Å². The molecule has 1 unspecified atom stereocenters. The van der Waals surface area contributed by atoms with E-state index < -0.39 is 6.04 Å². The summed E-state index contributed by atoms with van der Waals surface area (Å²) in [5.74, 6) is -0.212. The summed E-state index contributed by atoms with van der Waals surface area (Å²) in [6.07, 6.45) is 5.68. The molecule has 2 aromatic carbocycles. The summed E-state index contributed by atoms with van der Waals surface area (Å²) >= 11 is 12.1. The zero-order valence-corrected chi connectivity index (χ0v) is 19.7. The monoisotopic (exact) mass is 460 g/mol. The highest BCUT2D eigenvalue weighted by Gasteiger charge is 2.28. The lowest BCUT2D eigenvalue weighted by Gasteiger charge is -2.31. The number of rotatable bonds is 7. The largest absolute Gasteiger partial charge is 0.352 e. The molecule has 1 saturated carbocycles. The number of amides is 2. The first-order valence-electron chi connectivity index (χ1n) is 10.9. The van der Waals surface area contributed by atoms with Gasteiger partial charge in [-0.3, -0.25) is 9.59 Å². The molecule has 6 heteroatoms. The molecular formula is C25H30Cl2N2O2. The lowest BCUT2D eigenvalue weighted by molar-refractivity contribution is -0.140. The standard InChI is InChI=1S/C25H30Cl2N2O2/c1-17-8-6-7-9-20(17)16-29(18(2)25(31)28-21-10-4-3-5-11-21)24(30)15-19-12-13-22(26)23(27)14-19/h6-9,12-14,18,21H,3-5,10-11,15-16H2,1-2H3,(H,28,31). The molecule has 0 spiro atoms. The number of carbonyl (C=O) groups excluding carboxylic acids is 2. The van der Waals surface area contributed by atoms with Crippen LogP contribution in [0, 0.1) is 6.92 Å². The molecule has 0 radical (unpaired) electrons. The Morgan fingerprint density at radius 1 is 1.06 bits per heavy atom. The van der Waals surface area contributed by atoms with Gasteiger partial charge in [0, 0.05) is 12.6 Å². The Labute approximate surface area is 194 Å². The molecule has 0 bridgehead atoms. The minimum absolute atomic E-state index is 0.0945. The van der Waals surface area contributed by atoms with Crippen LogP contribution >= 0.6 is 23.2 Å². The SMILES string of the molecule is Cc1ccccc1CN(C(=O)Cc1ccc(Cl)c(Cl)c1)C(C)C(=O)NC1CCCCC1. The number of halogens is 2. The second-order valence-electron chi connectivity index (χ2n) is 8.39. The van der Waals surface area contributed by atoms with Crippen molar-refractivity contribution in [3.63, 3.8) is 0 Å². The van der Waals surface area contributed by atoms with E-state index in [1.165, 1.54) is 6.42 Å². The normalized spacial score (nSPS) is 15.4. The summed E-state index contributed by atoms with van der Waals surface area (Å²) in [4.78, 5) is 28.0. The minimum atomic E-state index is -0.572. The summed E-state index contributed by atoms with van der Waals surface area (Å²) in [6, 6.07) is 12.8. The number of carbonyl (C=O) groups is 2. The lowest BCUT2D eigenvalue weighted by Crippen LogP contribution is -2.50. The average Bonchev–Trinajstić information content (AvgIpc) is 2.76. The molecule has 1 N–H and O–H groups in total. The molecule has 0 aliphatic heterocycles. The third-order valence-electron chi connectivity index (χ3n) is 6.06. The topological polar surface area (TPSA) is 49.4 Å². The van der Waals surface area contributed by atoms with Crippen molar-refractivity contribution in [2.24, 2.45) is 0 Å². The van der Waals surface area contributed by atoms with Gasteiger partial charge < -0.3 is 10.2 Å². The Hall–Kier alpha value is -2.04. The molecule has 31 heavy (non-hydrogen) atoms. The van der Waals surface area contributed by atoms with Crippen LogP contribution in [0.4, 0.5) is 0 Å². The fraction of sp³-hybridized carbons (Fsp3) is 0.440. The predicted molar refractivity (Wildman–Crippen MR) is 126 cm³/mol. The van der Waals surface area contributed by atoms with Crippen LogP contribution in [-0.4, -0.2) is 28.8 Å². The zero-order valence-electron chi connectivity index (χ0n) is 18.2. The number of hydrogen-bond acceptors (Lipinski definition) is 2. The van der Waals surface area contributed by atoms with Gasteiger partial charge in [-0.25, -0.2) is 0 Å². The Bertz CT molecular complexity index is 925. The van der Waals surface area contributed by atoms with Crippen molar-refractivity contribution in [3.8, 4) is 0 Å². The van der Waals surface area contributed by atoms with E-state index in [1.54, 1.807) is 23.1 Å². The first-order valence-corrected chi connectivity index (χ1v) is 11.7. The molecule has 2 aromatic rings. The van der Waals surface area contributed by atoms with Gasteiger partial charge in [0.1, 0.15) is 6.04 Å². The van der Waals surface area contributed by atoms with E-state index in [1.807, 2.05) is 38.1 Å². The number of nitrogens with one attached hydrogen (secondary N) is 1. The maximum absolute atomic E-state index is 13.3. The van der Waals surface area contributed by atoms with Crippen LogP contribution in [0.5, 0.6) is 0 Å². The Kier molecular flexibility index (Phi) is 8.39. The molecule has 1 atom stereocenters. The van der Waals surface area contributed by atoms with Gasteiger partial charge in [-0.1, -0.05) is 72.8 Å². The molecule has 2 amide bonds. The van der Waals surface area contributed by atoms with Crippen LogP contribution in [0.2, 0.25) is 10.0 Å². The minimum Gasteiger partial charge on any atom is -0.352 e. The van der Waals surface area contributed by atoms with E-state index in [4.69, 9.17) is 23.2 Å². The second-order valence-corrected chi connectivity index (χ2v) is 9.21. The third-order valence-corrected chi connectivity index (χ3v) is 6.80. The first kappa shape index (κ1) is 23.6. The Morgan fingerprint density at radius 3 is 2.45 bits per heavy atom. The van der Waals surface area contributed by atoms with Gasteiger partial charge in [0.15, 0.2) is 0 Å². The van der Waals surface area contributed by atoms with E-state index in [0.29, 0.717) is 16.6 Å². The third kappa shape index (κ3) is 6.47. The highest BCUT2D eigenvalue weighted by Crippen LogP contribution is 2.24. The fourth-order valence-electron chi connectivity index (χ4n) is 4.05. The average molecular weight is 461 g/mol. The van der Waals surface area contributed by atoms with Crippen molar-refractivity contribution >= 4 is 35.0 Å². The molecule has 4 nitrogen and oxygen atoms in total. The summed E-state index contributed by atoms with van der Waals surface area (Å²) in [6.45, 7) is 4.21. The summed E-state index contributed by atoms with van der Waals surface area (Å²) in [5.41, 5.74) is 2.89. The van der Waals surface area contributed by atoms with Crippen LogP contribution in [0.1, 0.15) is 55.7 Å². The molecule has 0 saturated heterocycles. The van der Waals surface area contributed by atoms with E-state index >= 15 is 0 Å². The summed E-state index contributed by atoms with van der Waals surface area (Å²) < 4.78 is 0. The van der Waals surface area contributed by atoms with E-state index in [2.05, 4.69) is 5.32 Å². The highest BCUT2D eigenvalue weighted by molar-refractivity contribution is 6.42. The quantitative estimate of drug-likeness (QED) is 0.574. The van der Waals surface area contributed by atoms with Crippen molar-refractivity contribution in [1.82, 2.24) is 10.2 Å². The van der Waals surface area contributed by atoms with Gasteiger partial charge in [-0.2, -0.15) is 0 Å². The summed E-state index contributed by atoms with van der Waals surface area (Å²) in [7, 11) is 0. The molecule has 3 rings (SSSR count). The van der Waals surface area contributed by atoms with E-state index in [9.17, 15) is 9.59 Å². The van der Waals surface area contributed by atoms with Crippen molar-refractivity contribution in [2.75, 3.05) is 0 Å². The number of nitrogens with zero attached hydrogens (tertiary/aromatic N) is 1. The van der Waals surface area contributed by atoms with Gasteiger partial charge in [0.05, 0.1) is 16.5 Å². The highest BCUT2D eigenvalue weighted by atomic mass is 35.5.